The number of aromatic nitrogens is 1. The molecule has 1 saturated carbocycles. The number of pyridine rings is 1. The molecular formula is C17H24N2O2. The van der Waals surface area contributed by atoms with Crippen molar-refractivity contribution >= 4 is 5.91 Å². The van der Waals surface area contributed by atoms with Crippen molar-refractivity contribution in [2.24, 2.45) is 13.0 Å². The molecule has 0 N–H and O–H groups in total. The molecule has 0 bridgehead atoms. The van der Waals surface area contributed by atoms with Gasteiger partial charge in [-0.2, -0.15) is 0 Å². The Balaban J connectivity index is 1.94. The molecule has 0 spiro atoms. The van der Waals surface area contributed by atoms with E-state index in [2.05, 4.69) is 6.92 Å². The Morgan fingerprint density at radius 1 is 1.29 bits per heavy atom. The summed E-state index contributed by atoms with van der Waals surface area (Å²) in [6.45, 7) is 4.00. The van der Waals surface area contributed by atoms with E-state index in [0.29, 0.717) is 17.5 Å². The highest BCUT2D eigenvalue weighted by Crippen LogP contribution is 2.40. The molecule has 4 nitrogen and oxygen atoms in total. The summed E-state index contributed by atoms with van der Waals surface area (Å²) in [5.74, 6) is 0.560. The third kappa shape index (κ3) is 2.41. The van der Waals surface area contributed by atoms with Crippen molar-refractivity contribution in [3.8, 4) is 0 Å². The number of nitrogens with zero attached hydrogens (tertiary/aromatic N) is 2. The Bertz CT molecular complexity index is 620. The highest BCUT2D eigenvalue weighted by molar-refractivity contribution is 5.94. The van der Waals surface area contributed by atoms with Crippen LogP contribution >= 0.6 is 0 Å². The first-order valence-corrected chi connectivity index (χ1v) is 7.99. The quantitative estimate of drug-likeness (QED) is 0.796. The maximum atomic E-state index is 12.9. The molecule has 2 fully saturated rings. The zero-order valence-electron chi connectivity index (χ0n) is 13.1. The Labute approximate surface area is 125 Å². The van der Waals surface area contributed by atoms with E-state index in [1.54, 1.807) is 12.3 Å². The Hall–Kier alpha value is -1.58. The predicted molar refractivity (Wildman–Crippen MR) is 82.4 cm³/mol. The molecule has 1 aromatic heterocycles. The first-order valence-electron chi connectivity index (χ1n) is 7.99. The van der Waals surface area contributed by atoms with Crippen LogP contribution < -0.4 is 5.43 Å². The van der Waals surface area contributed by atoms with E-state index in [1.165, 1.54) is 19.3 Å². The lowest BCUT2D eigenvalue weighted by Gasteiger charge is -2.33. The number of likely N-dealkylation sites (tertiary alicyclic amines) is 1. The topological polar surface area (TPSA) is 42.3 Å². The van der Waals surface area contributed by atoms with Gasteiger partial charge < -0.3 is 9.47 Å². The third-order valence-electron chi connectivity index (χ3n) is 5.29. The van der Waals surface area contributed by atoms with Gasteiger partial charge in [-0.3, -0.25) is 9.59 Å². The Morgan fingerprint density at radius 3 is 2.76 bits per heavy atom. The number of rotatable bonds is 1. The highest BCUT2D eigenvalue weighted by Gasteiger charge is 2.43. The second kappa shape index (κ2) is 5.32. The minimum Gasteiger partial charge on any atom is -0.354 e. The molecule has 2 heterocycles. The van der Waals surface area contributed by atoms with E-state index in [-0.39, 0.29) is 17.4 Å². The summed E-state index contributed by atoms with van der Waals surface area (Å²) < 4.78 is 1.85. The van der Waals surface area contributed by atoms with E-state index in [4.69, 9.17) is 0 Å². The zero-order valence-corrected chi connectivity index (χ0v) is 13.1. The van der Waals surface area contributed by atoms with Crippen molar-refractivity contribution < 1.29 is 4.79 Å². The van der Waals surface area contributed by atoms with Crippen molar-refractivity contribution in [2.45, 2.75) is 58.0 Å². The summed E-state index contributed by atoms with van der Waals surface area (Å²) in [4.78, 5) is 27.1. The number of hydrogen-bond acceptors (Lipinski definition) is 2. The van der Waals surface area contributed by atoms with Gasteiger partial charge in [-0.15, -0.1) is 0 Å². The molecule has 1 saturated heterocycles. The van der Waals surface area contributed by atoms with Crippen molar-refractivity contribution in [1.82, 2.24) is 9.47 Å². The minimum absolute atomic E-state index is 0.0718. The van der Waals surface area contributed by atoms with Gasteiger partial charge in [-0.05, 0) is 39.0 Å². The van der Waals surface area contributed by atoms with E-state index >= 15 is 0 Å². The summed E-state index contributed by atoms with van der Waals surface area (Å²) in [6, 6.07) is 2.15. The smallest absolute Gasteiger partial charge is 0.259 e. The first-order chi connectivity index (χ1) is 9.99. The maximum Gasteiger partial charge on any atom is 0.259 e. The van der Waals surface area contributed by atoms with E-state index in [1.807, 2.05) is 23.4 Å². The lowest BCUT2D eigenvalue weighted by Crippen LogP contribution is -2.44. The molecule has 1 aliphatic carbocycles. The molecule has 114 valence electrons. The second-order valence-corrected chi connectivity index (χ2v) is 6.71. The van der Waals surface area contributed by atoms with Crippen molar-refractivity contribution in [3.05, 3.63) is 33.7 Å². The van der Waals surface area contributed by atoms with Crippen LogP contribution in [0.3, 0.4) is 0 Å². The van der Waals surface area contributed by atoms with Crippen molar-refractivity contribution in [1.29, 1.82) is 0 Å². The molecular weight excluding hydrogens is 264 g/mol. The van der Waals surface area contributed by atoms with E-state index in [0.717, 1.165) is 18.5 Å². The van der Waals surface area contributed by atoms with Gasteiger partial charge in [0, 0.05) is 37.1 Å². The number of fused-ring (bicyclic) bond motifs is 1. The molecule has 1 aromatic rings. The largest absolute Gasteiger partial charge is 0.354 e. The van der Waals surface area contributed by atoms with Gasteiger partial charge in [-0.1, -0.05) is 12.8 Å². The van der Waals surface area contributed by atoms with Gasteiger partial charge in [0.15, 0.2) is 5.43 Å². The normalized spacial score (nSPS) is 28.5. The fourth-order valence-electron chi connectivity index (χ4n) is 4.09. The number of aryl methyl sites for hydroxylation is 2. The molecule has 4 heteroatoms. The summed E-state index contributed by atoms with van der Waals surface area (Å²) in [7, 11) is 1.88. The van der Waals surface area contributed by atoms with Crippen LogP contribution in [0.1, 0.15) is 55.1 Å². The van der Waals surface area contributed by atoms with Gasteiger partial charge in [0.2, 0.25) is 0 Å². The van der Waals surface area contributed by atoms with E-state index < -0.39 is 0 Å². The number of hydrogen-bond donors (Lipinski definition) is 0. The summed E-state index contributed by atoms with van der Waals surface area (Å²) in [6.07, 6.45) is 7.58. The van der Waals surface area contributed by atoms with Crippen LogP contribution in [-0.2, 0) is 7.05 Å². The lowest BCUT2D eigenvalue weighted by molar-refractivity contribution is 0.0631. The zero-order chi connectivity index (χ0) is 15.1. The average Bonchev–Trinajstić information content (AvgIpc) is 2.78. The van der Waals surface area contributed by atoms with E-state index in [9.17, 15) is 9.59 Å². The molecule has 3 rings (SSSR count). The standard InChI is InChI=1S/C17H24N2O2/c1-11-9-16(20)14(10-18(11)3)17(21)19-12(2)8-13-6-4-5-7-15(13)19/h9-10,12-13,15H,4-8H2,1-3H3/t12-,13+,15+/m1/s1. The fraction of sp³-hybridized carbons (Fsp3) is 0.647. The van der Waals surface area contributed by atoms with Crippen LogP contribution in [0.2, 0.25) is 0 Å². The average molecular weight is 288 g/mol. The number of carbonyl (C=O) groups excluding carboxylic acids is 1. The molecule has 21 heavy (non-hydrogen) atoms. The van der Waals surface area contributed by atoms with Gasteiger partial charge in [0.25, 0.3) is 5.91 Å². The molecule has 0 unspecified atom stereocenters. The van der Waals surface area contributed by atoms with Crippen molar-refractivity contribution in [3.63, 3.8) is 0 Å². The Morgan fingerprint density at radius 2 is 2.00 bits per heavy atom. The highest BCUT2D eigenvalue weighted by atomic mass is 16.2. The first kappa shape index (κ1) is 14.4. The monoisotopic (exact) mass is 288 g/mol. The van der Waals surface area contributed by atoms with Crippen LogP contribution in [0.5, 0.6) is 0 Å². The molecule has 1 aliphatic heterocycles. The fourth-order valence-corrected chi connectivity index (χ4v) is 4.09. The van der Waals surface area contributed by atoms with Gasteiger partial charge in [-0.25, -0.2) is 0 Å². The number of carbonyl (C=O) groups is 1. The van der Waals surface area contributed by atoms with Gasteiger partial charge in [0.05, 0.1) is 0 Å². The van der Waals surface area contributed by atoms with Crippen LogP contribution in [0.15, 0.2) is 17.1 Å². The summed E-state index contributed by atoms with van der Waals surface area (Å²) in [5.41, 5.74) is 1.05. The predicted octanol–water partition coefficient (Wildman–Crippen LogP) is 2.49. The number of amides is 1. The van der Waals surface area contributed by atoms with Crippen LogP contribution in [0, 0.1) is 12.8 Å². The lowest BCUT2D eigenvalue weighted by atomic mass is 9.85. The molecule has 2 aliphatic rings. The van der Waals surface area contributed by atoms with Crippen molar-refractivity contribution in [2.75, 3.05) is 0 Å². The third-order valence-corrected chi connectivity index (χ3v) is 5.29. The molecule has 3 atom stereocenters. The summed E-state index contributed by atoms with van der Waals surface area (Å²) in [5, 5.41) is 0. The second-order valence-electron chi connectivity index (χ2n) is 6.71. The molecule has 0 aromatic carbocycles. The molecule has 1 amide bonds. The Kier molecular flexibility index (Phi) is 3.64. The van der Waals surface area contributed by atoms with Gasteiger partial charge in [0.1, 0.15) is 5.56 Å². The van der Waals surface area contributed by atoms with Crippen LogP contribution in [-0.4, -0.2) is 27.5 Å². The maximum absolute atomic E-state index is 12.9. The summed E-state index contributed by atoms with van der Waals surface area (Å²) >= 11 is 0. The van der Waals surface area contributed by atoms with Gasteiger partial charge >= 0.3 is 0 Å². The van der Waals surface area contributed by atoms with Crippen LogP contribution in [0.25, 0.3) is 0 Å². The minimum atomic E-state index is -0.151. The SMILES string of the molecule is Cc1cc(=O)c(C(=O)N2[C@H](C)C[C@@H]3CCCC[C@@H]32)cn1C. The van der Waals surface area contributed by atoms with Crippen LogP contribution in [0.4, 0.5) is 0 Å². The molecule has 0 radical (unpaired) electrons.